The number of amides is 1. The van der Waals surface area contributed by atoms with Crippen molar-refractivity contribution in [2.75, 3.05) is 45.5 Å². The van der Waals surface area contributed by atoms with Gasteiger partial charge in [-0.3, -0.25) is 4.79 Å². The molecule has 1 rings (SSSR count). The van der Waals surface area contributed by atoms with Crippen LogP contribution < -0.4 is 5.73 Å². The molecule has 0 aromatic rings. The number of hydrogen-bond donors (Lipinski definition) is 1. The molecule has 1 aliphatic heterocycles. The van der Waals surface area contributed by atoms with Gasteiger partial charge in [0.1, 0.15) is 6.04 Å². The van der Waals surface area contributed by atoms with Crippen LogP contribution in [-0.2, 0) is 24.1 Å². The van der Waals surface area contributed by atoms with Crippen LogP contribution >= 0.6 is 0 Å². The molecule has 1 heterocycles. The van der Waals surface area contributed by atoms with Gasteiger partial charge in [0, 0.05) is 26.8 Å². The van der Waals surface area contributed by atoms with Gasteiger partial charge in [-0.05, 0) is 6.42 Å². The minimum Gasteiger partial charge on any atom is -0.383 e. The van der Waals surface area contributed by atoms with Crippen molar-refractivity contribution in [3.05, 3.63) is 0 Å². The quantitative estimate of drug-likeness (QED) is 0.621. The van der Waals surface area contributed by atoms with Crippen molar-refractivity contribution >= 4 is 15.7 Å². The van der Waals surface area contributed by atoms with E-state index in [2.05, 4.69) is 0 Å². The molecular weight excluding hydrogens is 272 g/mol. The van der Waals surface area contributed by atoms with Gasteiger partial charge in [-0.15, -0.1) is 0 Å². The van der Waals surface area contributed by atoms with E-state index in [1.807, 2.05) is 0 Å². The summed E-state index contributed by atoms with van der Waals surface area (Å²) >= 11 is 0. The van der Waals surface area contributed by atoms with Crippen LogP contribution in [0.25, 0.3) is 0 Å². The fourth-order valence-electron chi connectivity index (χ4n) is 2.15. The van der Waals surface area contributed by atoms with Crippen molar-refractivity contribution in [1.29, 1.82) is 0 Å². The van der Waals surface area contributed by atoms with Crippen LogP contribution in [0.3, 0.4) is 0 Å². The topological polar surface area (TPSA) is 98.9 Å². The largest absolute Gasteiger partial charge is 0.383 e. The lowest BCUT2D eigenvalue weighted by Gasteiger charge is -2.30. The first-order chi connectivity index (χ1) is 8.91. The molecule has 2 N–H and O–H groups in total. The average Bonchev–Trinajstić information content (AvgIpc) is 2.70. The number of ether oxygens (including phenoxy) is 2. The van der Waals surface area contributed by atoms with E-state index in [0.717, 1.165) is 0 Å². The molecule has 2 atom stereocenters. The third kappa shape index (κ3) is 4.72. The van der Waals surface area contributed by atoms with E-state index in [-0.39, 0.29) is 30.1 Å². The van der Waals surface area contributed by atoms with Gasteiger partial charge in [-0.25, -0.2) is 8.42 Å². The maximum Gasteiger partial charge on any atom is 0.242 e. The van der Waals surface area contributed by atoms with Crippen LogP contribution in [0, 0.1) is 0 Å². The number of sulfone groups is 1. The summed E-state index contributed by atoms with van der Waals surface area (Å²) in [5.74, 6) is -0.170. The molecule has 0 saturated carbocycles. The van der Waals surface area contributed by atoms with Gasteiger partial charge in [0.25, 0.3) is 0 Å². The molecule has 1 aliphatic rings. The summed E-state index contributed by atoms with van der Waals surface area (Å²) in [4.78, 5) is 13.7. The highest BCUT2D eigenvalue weighted by Crippen LogP contribution is 2.18. The Balaban J connectivity index is 2.74. The SMILES string of the molecule is COCCN(C(=O)C(N)COC)C1CCS(=O)(=O)C1. The summed E-state index contributed by atoms with van der Waals surface area (Å²) in [7, 11) is -0.0480. The number of carbonyl (C=O) groups excluding carboxylic acids is 1. The molecule has 0 spiro atoms. The Labute approximate surface area is 113 Å². The standard InChI is InChI=1S/C11H22N2O5S/c1-17-5-4-13(11(14)10(12)7-18-2)9-3-6-19(15,16)8-9/h9-10H,3-8,12H2,1-2H3. The summed E-state index contributed by atoms with van der Waals surface area (Å²) in [5.41, 5.74) is 5.73. The Hall–Kier alpha value is -0.700. The minimum absolute atomic E-state index is 0.00214. The van der Waals surface area contributed by atoms with Crippen molar-refractivity contribution < 1.29 is 22.7 Å². The molecule has 0 bridgehead atoms. The maximum absolute atomic E-state index is 12.2. The zero-order chi connectivity index (χ0) is 14.5. The van der Waals surface area contributed by atoms with E-state index in [1.165, 1.54) is 19.1 Å². The fourth-order valence-corrected chi connectivity index (χ4v) is 3.88. The molecule has 0 aromatic heterocycles. The van der Waals surface area contributed by atoms with Gasteiger partial charge >= 0.3 is 0 Å². The van der Waals surface area contributed by atoms with Crippen LogP contribution in [0.4, 0.5) is 0 Å². The third-order valence-corrected chi connectivity index (χ3v) is 4.88. The fraction of sp³-hybridized carbons (Fsp3) is 0.909. The smallest absolute Gasteiger partial charge is 0.242 e. The zero-order valence-electron chi connectivity index (χ0n) is 11.4. The first-order valence-corrected chi connectivity index (χ1v) is 7.97. The Morgan fingerprint density at radius 2 is 2.11 bits per heavy atom. The second kappa shape index (κ2) is 7.18. The van der Waals surface area contributed by atoms with Crippen molar-refractivity contribution in [3.63, 3.8) is 0 Å². The monoisotopic (exact) mass is 294 g/mol. The van der Waals surface area contributed by atoms with Crippen LogP contribution in [0.15, 0.2) is 0 Å². The van der Waals surface area contributed by atoms with Gasteiger partial charge in [-0.2, -0.15) is 0 Å². The Kier molecular flexibility index (Phi) is 6.18. The Morgan fingerprint density at radius 3 is 2.58 bits per heavy atom. The number of nitrogens with zero attached hydrogens (tertiary/aromatic N) is 1. The molecule has 1 amide bonds. The van der Waals surface area contributed by atoms with Crippen LogP contribution in [-0.4, -0.2) is 76.8 Å². The molecule has 0 aliphatic carbocycles. The first kappa shape index (κ1) is 16.4. The second-order valence-electron chi connectivity index (χ2n) is 4.64. The van der Waals surface area contributed by atoms with Crippen LogP contribution in [0.5, 0.6) is 0 Å². The van der Waals surface area contributed by atoms with Gasteiger partial charge in [0.15, 0.2) is 9.84 Å². The predicted octanol–water partition coefficient (Wildman–Crippen LogP) is -1.38. The molecule has 1 saturated heterocycles. The molecular formula is C11H22N2O5S. The number of rotatable bonds is 7. The van der Waals surface area contributed by atoms with Crippen LogP contribution in [0.1, 0.15) is 6.42 Å². The number of hydrogen-bond acceptors (Lipinski definition) is 6. The van der Waals surface area contributed by atoms with E-state index >= 15 is 0 Å². The molecule has 2 unspecified atom stereocenters. The van der Waals surface area contributed by atoms with Crippen molar-refractivity contribution in [2.45, 2.75) is 18.5 Å². The zero-order valence-corrected chi connectivity index (χ0v) is 12.2. The molecule has 0 aromatic carbocycles. The molecule has 0 radical (unpaired) electrons. The highest BCUT2D eigenvalue weighted by Gasteiger charge is 2.35. The molecule has 19 heavy (non-hydrogen) atoms. The molecule has 8 heteroatoms. The molecule has 7 nitrogen and oxygen atoms in total. The van der Waals surface area contributed by atoms with E-state index < -0.39 is 15.9 Å². The van der Waals surface area contributed by atoms with Crippen LogP contribution in [0.2, 0.25) is 0 Å². The van der Waals surface area contributed by atoms with E-state index in [1.54, 1.807) is 0 Å². The minimum atomic E-state index is -3.04. The number of methoxy groups -OCH3 is 2. The lowest BCUT2D eigenvalue weighted by molar-refractivity contribution is -0.136. The van der Waals surface area contributed by atoms with Gasteiger partial charge in [0.2, 0.25) is 5.91 Å². The summed E-state index contributed by atoms with van der Waals surface area (Å²) < 4.78 is 32.8. The molecule has 112 valence electrons. The van der Waals surface area contributed by atoms with E-state index in [0.29, 0.717) is 19.6 Å². The van der Waals surface area contributed by atoms with E-state index in [4.69, 9.17) is 15.2 Å². The van der Waals surface area contributed by atoms with Gasteiger partial charge in [-0.1, -0.05) is 0 Å². The third-order valence-electron chi connectivity index (χ3n) is 3.13. The lowest BCUT2D eigenvalue weighted by Crippen LogP contribution is -2.51. The summed E-state index contributed by atoms with van der Waals surface area (Å²) in [6.45, 7) is 0.802. The first-order valence-electron chi connectivity index (χ1n) is 6.15. The normalized spacial score (nSPS) is 23.2. The second-order valence-corrected chi connectivity index (χ2v) is 6.87. The van der Waals surface area contributed by atoms with Gasteiger partial charge < -0.3 is 20.1 Å². The Morgan fingerprint density at radius 1 is 1.42 bits per heavy atom. The lowest BCUT2D eigenvalue weighted by atomic mass is 10.2. The summed E-state index contributed by atoms with van der Waals surface area (Å²) in [5, 5.41) is 0. The van der Waals surface area contributed by atoms with E-state index in [9.17, 15) is 13.2 Å². The number of nitrogens with two attached hydrogens (primary N) is 1. The maximum atomic E-state index is 12.2. The summed E-state index contributed by atoms with van der Waals surface area (Å²) in [6.07, 6.45) is 0.456. The average molecular weight is 294 g/mol. The van der Waals surface area contributed by atoms with Crippen molar-refractivity contribution in [1.82, 2.24) is 4.90 Å². The Bertz CT molecular complexity index is 398. The predicted molar refractivity (Wildman–Crippen MR) is 70.5 cm³/mol. The van der Waals surface area contributed by atoms with Crippen molar-refractivity contribution in [2.24, 2.45) is 5.73 Å². The van der Waals surface area contributed by atoms with Crippen molar-refractivity contribution in [3.8, 4) is 0 Å². The van der Waals surface area contributed by atoms with Gasteiger partial charge in [0.05, 0.1) is 24.7 Å². The molecule has 1 fully saturated rings. The highest BCUT2D eigenvalue weighted by molar-refractivity contribution is 7.91. The number of carbonyl (C=O) groups is 1. The highest BCUT2D eigenvalue weighted by atomic mass is 32.2. The summed E-state index contributed by atoms with van der Waals surface area (Å²) in [6, 6.07) is -1.08.